The van der Waals surface area contributed by atoms with E-state index in [1.807, 2.05) is 18.3 Å². The van der Waals surface area contributed by atoms with Gasteiger partial charge < -0.3 is 15.8 Å². The number of thiol groups is 1. The molecule has 4 N–H and O–H groups in total. The number of thiocarbonyl (C=S) groups is 1. The van der Waals surface area contributed by atoms with Crippen molar-refractivity contribution in [1.29, 1.82) is 0 Å². The van der Waals surface area contributed by atoms with Crippen LogP contribution < -0.4 is 5.73 Å². The first-order valence-electron chi connectivity index (χ1n) is 2.43. The summed E-state index contributed by atoms with van der Waals surface area (Å²) in [5.74, 6) is 0. The number of aliphatic hydroxyl groups excluding tert-OH is 1. The Morgan fingerprint density at radius 3 is 2.40 bits per heavy atom. The van der Waals surface area contributed by atoms with Gasteiger partial charge in [-0.2, -0.15) is 0 Å². The highest BCUT2D eigenvalue weighted by Crippen LogP contribution is 1.96. The molecule has 5 heteroatoms. The summed E-state index contributed by atoms with van der Waals surface area (Å²) in [6.45, 7) is 0. The van der Waals surface area contributed by atoms with Gasteiger partial charge in [0.05, 0.1) is 5.03 Å². The van der Waals surface area contributed by atoms with Gasteiger partial charge in [0.25, 0.3) is 5.17 Å². The standard InChI is InChI=1S/C4H5NS.CH3NOS/c6-4-2-1-3-5-4;2-1(3)4/h1-3,5-6H;(H3,2,3,4). The molecule has 1 aromatic rings. The third kappa shape index (κ3) is 7.32. The quantitative estimate of drug-likeness (QED) is 0.353. The van der Waals surface area contributed by atoms with Crippen LogP contribution in [0.15, 0.2) is 23.4 Å². The van der Waals surface area contributed by atoms with Crippen LogP contribution in [0.5, 0.6) is 0 Å². The fraction of sp³-hybridized carbons (Fsp3) is 0. The molecule has 10 heavy (non-hydrogen) atoms. The highest BCUT2D eigenvalue weighted by Gasteiger charge is 1.73. The summed E-state index contributed by atoms with van der Waals surface area (Å²) in [5, 5.41) is 7.98. The number of H-pyrrole nitrogens is 1. The average molecular weight is 176 g/mol. The summed E-state index contributed by atoms with van der Waals surface area (Å²) < 4.78 is 0. The molecular weight excluding hydrogens is 168 g/mol. The van der Waals surface area contributed by atoms with Gasteiger partial charge >= 0.3 is 0 Å². The molecule has 0 aliphatic rings. The van der Waals surface area contributed by atoms with Crippen LogP contribution in [0.25, 0.3) is 0 Å². The van der Waals surface area contributed by atoms with Gasteiger partial charge in [-0.25, -0.2) is 0 Å². The second-order valence-electron chi connectivity index (χ2n) is 1.39. The van der Waals surface area contributed by atoms with Crippen molar-refractivity contribution in [3.05, 3.63) is 18.3 Å². The topological polar surface area (TPSA) is 62.0 Å². The normalized spacial score (nSPS) is 7.70. The second-order valence-corrected chi connectivity index (χ2v) is 2.29. The van der Waals surface area contributed by atoms with Crippen LogP contribution in [0.3, 0.4) is 0 Å². The van der Waals surface area contributed by atoms with Gasteiger partial charge in [-0.1, -0.05) is 0 Å². The van der Waals surface area contributed by atoms with E-state index in [9.17, 15) is 0 Å². The lowest BCUT2D eigenvalue weighted by Crippen LogP contribution is -2.03. The smallest absolute Gasteiger partial charge is 0.251 e. The molecule has 0 aliphatic heterocycles. The highest BCUT2D eigenvalue weighted by molar-refractivity contribution is 7.80. The molecule has 1 rings (SSSR count). The number of aromatic amines is 1. The lowest BCUT2D eigenvalue weighted by Gasteiger charge is -1.69. The van der Waals surface area contributed by atoms with E-state index in [-0.39, 0.29) is 0 Å². The average Bonchev–Trinajstić information content (AvgIpc) is 2.15. The molecule has 0 saturated heterocycles. The summed E-state index contributed by atoms with van der Waals surface area (Å²) >= 11 is 7.85. The zero-order valence-electron chi connectivity index (χ0n) is 5.11. The molecule has 0 amide bonds. The molecule has 0 spiro atoms. The number of rotatable bonds is 0. The Kier molecular flexibility index (Phi) is 4.78. The van der Waals surface area contributed by atoms with Gasteiger partial charge in [0.15, 0.2) is 0 Å². The van der Waals surface area contributed by atoms with Crippen LogP contribution in [-0.4, -0.2) is 15.3 Å². The summed E-state index contributed by atoms with van der Waals surface area (Å²) in [7, 11) is 0. The molecule has 0 unspecified atom stereocenters. The zero-order chi connectivity index (χ0) is 7.98. The van der Waals surface area contributed by atoms with Gasteiger partial charge in [0.1, 0.15) is 0 Å². The Hall–Kier alpha value is -0.680. The third-order valence-corrected chi connectivity index (χ3v) is 0.860. The van der Waals surface area contributed by atoms with Crippen molar-refractivity contribution in [3.63, 3.8) is 0 Å². The first kappa shape index (κ1) is 9.32. The van der Waals surface area contributed by atoms with Crippen LogP contribution in [0, 0.1) is 0 Å². The molecule has 0 atom stereocenters. The van der Waals surface area contributed by atoms with Gasteiger partial charge in [0.2, 0.25) is 0 Å². The summed E-state index contributed by atoms with van der Waals surface area (Å²) in [5.41, 5.74) is 4.40. The van der Waals surface area contributed by atoms with Crippen LogP contribution >= 0.6 is 24.8 Å². The highest BCUT2D eigenvalue weighted by atomic mass is 32.1. The molecule has 1 aromatic heterocycles. The minimum Gasteiger partial charge on any atom is -0.487 e. The largest absolute Gasteiger partial charge is 0.487 e. The maximum Gasteiger partial charge on any atom is 0.251 e. The van der Waals surface area contributed by atoms with Crippen molar-refractivity contribution < 1.29 is 5.11 Å². The monoisotopic (exact) mass is 176 g/mol. The molecule has 0 bridgehead atoms. The van der Waals surface area contributed by atoms with E-state index in [0.717, 1.165) is 5.03 Å². The van der Waals surface area contributed by atoms with Crippen molar-refractivity contribution in [1.82, 2.24) is 4.98 Å². The van der Waals surface area contributed by atoms with Crippen LogP contribution in [-0.2, 0) is 0 Å². The van der Waals surface area contributed by atoms with Crippen molar-refractivity contribution in [2.45, 2.75) is 5.03 Å². The number of nitrogens with two attached hydrogens (primary N) is 1. The molecule has 3 nitrogen and oxygen atoms in total. The van der Waals surface area contributed by atoms with Gasteiger partial charge in [0, 0.05) is 6.20 Å². The Balaban J connectivity index is 0.000000180. The summed E-state index contributed by atoms with van der Waals surface area (Å²) in [6, 6.07) is 3.80. The first-order valence-corrected chi connectivity index (χ1v) is 3.29. The third-order valence-electron chi connectivity index (χ3n) is 0.582. The maximum atomic E-state index is 7.56. The Labute approximate surface area is 69.7 Å². The number of aromatic nitrogens is 1. The molecule has 0 saturated carbocycles. The number of hydrogen-bond donors (Lipinski definition) is 4. The molecule has 1 heterocycles. The fourth-order valence-electron chi connectivity index (χ4n) is 0.321. The van der Waals surface area contributed by atoms with E-state index in [0.29, 0.717) is 0 Å². The van der Waals surface area contributed by atoms with Crippen molar-refractivity contribution >= 4 is 30.0 Å². The van der Waals surface area contributed by atoms with E-state index >= 15 is 0 Å². The maximum absolute atomic E-state index is 7.56. The van der Waals surface area contributed by atoms with Crippen LogP contribution in [0.1, 0.15) is 0 Å². The summed E-state index contributed by atoms with van der Waals surface area (Å²) in [6.07, 6.45) is 1.84. The van der Waals surface area contributed by atoms with E-state index in [2.05, 4.69) is 35.6 Å². The Morgan fingerprint density at radius 1 is 1.80 bits per heavy atom. The molecule has 0 aromatic carbocycles. The van der Waals surface area contributed by atoms with Crippen molar-refractivity contribution in [2.24, 2.45) is 5.73 Å². The predicted molar refractivity (Wildman–Crippen MR) is 47.5 cm³/mol. The number of aliphatic hydroxyl groups is 1. The molecule has 0 aliphatic carbocycles. The SMILES string of the molecule is NC(O)=S.Sc1ccc[nH]1. The lowest BCUT2D eigenvalue weighted by molar-refractivity contribution is 0.560. The van der Waals surface area contributed by atoms with Gasteiger partial charge in [-0.05, 0) is 24.4 Å². The van der Waals surface area contributed by atoms with Crippen LogP contribution in [0.2, 0.25) is 0 Å². The first-order chi connectivity index (χ1) is 4.63. The number of nitrogens with one attached hydrogen (secondary N) is 1. The van der Waals surface area contributed by atoms with Crippen molar-refractivity contribution in [3.8, 4) is 0 Å². The molecule has 0 fully saturated rings. The minimum absolute atomic E-state index is 0.500. The predicted octanol–water partition coefficient (Wildman–Crippen LogP) is 1.09. The van der Waals surface area contributed by atoms with E-state index in [1.54, 1.807) is 0 Å². The fourth-order valence-corrected chi connectivity index (χ4v) is 0.481. The molecule has 56 valence electrons. The van der Waals surface area contributed by atoms with Gasteiger partial charge in [-0.15, -0.1) is 12.6 Å². The van der Waals surface area contributed by atoms with Crippen molar-refractivity contribution in [2.75, 3.05) is 0 Å². The Morgan fingerprint density at radius 2 is 2.30 bits per heavy atom. The van der Waals surface area contributed by atoms with Crippen LogP contribution in [0.4, 0.5) is 0 Å². The molecular formula is C5H8N2OS2. The van der Waals surface area contributed by atoms with E-state index < -0.39 is 5.17 Å². The zero-order valence-corrected chi connectivity index (χ0v) is 6.82. The second kappa shape index (κ2) is 5.13. The van der Waals surface area contributed by atoms with E-state index in [1.165, 1.54) is 0 Å². The lowest BCUT2D eigenvalue weighted by atomic mass is 10.7. The number of hydrogen-bond acceptors (Lipinski definition) is 2. The van der Waals surface area contributed by atoms with E-state index in [4.69, 9.17) is 5.11 Å². The molecule has 0 radical (unpaired) electrons. The summed E-state index contributed by atoms with van der Waals surface area (Å²) in [4.78, 5) is 2.86. The minimum atomic E-state index is -0.500. The van der Waals surface area contributed by atoms with Gasteiger partial charge in [-0.3, -0.25) is 0 Å². The Bertz CT molecular complexity index is 182.